The third kappa shape index (κ3) is 13.4. The van der Waals surface area contributed by atoms with Gasteiger partial charge in [0.1, 0.15) is 24.2 Å². The van der Waals surface area contributed by atoms with Crippen molar-refractivity contribution < 1.29 is 29.1 Å². The van der Waals surface area contributed by atoms with Crippen molar-refractivity contribution in [3.05, 3.63) is 35.9 Å². The first-order valence-corrected chi connectivity index (χ1v) is 15.6. The molecule has 0 aliphatic rings. The molecule has 0 spiro atoms. The molecule has 9 N–H and O–H groups in total. The van der Waals surface area contributed by atoms with E-state index in [0.29, 0.717) is 25.8 Å². The van der Waals surface area contributed by atoms with Crippen molar-refractivity contribution in [3.8, 4) is 0 Å². The number of aliphatic carboxylic acids is 1. The zero-order valence-corrected chi connectivity index (χ0v) is 27.1. The Morgan fingerprint density at radius 1 is 0.773 bits per heavy atom. The monoisotopic (exact) mass is 618 g/mol. The molecule has 6 unspecified atom stereocenters. The van der Waals surface area contributed by atoms with E-state index in [1.807, 2.05) is 26.8 Å². The van der Waals surface area contributed by atoms with Crippen LogP contribution in [0.5, 0.6) is 0 Å². The van der Waals surface area contributed by atoms with Crippen molar-refractivity contribution in [2.45, 2.75) is 110 Å². The van der Waals surface area contributed by atoms with Crippen LogP contribution in [0, 0.1) is 17.8 Å². The van der Waals surface area contributed by atoms with E-state index in [0.717, 1.165) is 12.0 Å². The van der Waals surface area contributed by atoms with Crippen LogP contribution in [0.3, 0.4) is 0 Å². The number of unbranched alkanes of at least 4 members (excludes halogenated alkanes) is 1. The van der Waals surface area contributed by atoms with Crippen LogP contribution in [0.1, 0.15) is 79.2 Å². The van der Waals surface area contributed by atoms with Crippen molar-refractivity contribution in [2.24, 2.45) is 29.2 Å². The Morgan fingerprint density at radius 3 is 1.86 bits per heavy atom. The minimum Gasteiger partial charge on any atom is -0.480 e. The first kappa shape index (κ1) is 38.5. The number of nitrogens with two attached hydrogens (primary N) is 2. The molecular weight excluding hydrogens is 564 g/mol. The molecule has 1 rings (SSSR count). The smallest absolute Gasteiger partial charge is 0.326 e. The van der Waals surface area contributed by atoms with Crippen LogP contribution in [0.2, 0.25) is 0 Å². The van der Waals surface area contributed by atoms with Gasteiger partial charge in [-0.25, -0.2) is 4.79 Å². The van der Waals surface area contributed by atoms with E-state index < -0.39 is 59.8 Å². The average Bonchev–Trinajstić information content (AvgIpc) is 2.97. The minimum atomic E-state index is -1.20. The number of benzene rings is 1. The molecule has 12 nitrogen and oxygen atoms in total. The van der Waals surface area contributed by atoms with Crippen LogP contribution in [-0.4, -0.2) is 71.5 Å². The number of carbonyl (C=O) groups is 5. The molecule has 0 saturated heterocycles. The number of amides is 4. The van der Waals surface area contributed by atoms with E-state index in [4.69, 9.17) is 11.5 Å². The molecule has 6 atom stereocenters. The van der Waals surface area contributed by atoms with Gasteiger partial charge in [0.2, 0.25) is 23.6 Å². The lowest BCUT2D eigenvalue weighted by molar-refractivity contribution is -0.142. The van der Waals surface area contributed by atoms with Gasteiger partial charge in [-0.3, -0.25) is 19.2 Å². The van der Waals surface area contributed by atoms with E-state index in [9.17, 15) is 29.1 Å². The van der Waals surface area contributed by atoms with Crippen molar-refractivity contribution in [2.75, 3.05) is 6.54 Å². The Bertz CT molecular complexity index is 1070. The fraction of sp³-hybridized carbons (Fsp3) is 0.656. The molecule has 44 heavy (non-hydrogen) atoms. The fourth-order valence-corrected chi connectivity index (χ4v) is 4.67. The molecular formula is C32H54N6O6. The van der Waals surface area contributed by atoms with Gasteiger partial charge in [0.25, 0.3) is 0 Å². The zero-order valence-electron chi connectivity index (χ0n) is 27.1. The second-order valence-electron chi connectivity index (χ2n) is 12.3. The molecule has 0 bridgehead atoms. The first-order chi connectivity index (χ1) is 20.7. The maximum absolute atomic E-state index is 13.6. The van der Waals surface area contributed by atoms with Gasteiger partial charge in [-0.2, -0.15) is 0 Å². The second kappa shape index (κ2) is 19.7. The summed E-state index contributed by atoms with van der Waals surface area (Å²) < 4.78 is 0. The predicted octanol–water partition coefficient (Wildman–Crippen LogP) is 1.46. The van der Waals surface area contributed by atoms with E-state index >= 15 is 0 Å². The van der Waals surface area contributed by atoms with Crippen LogP contribution >= 0.6 is 0 Å². The van der Waals surface area contributed by atoms with Crippen molar-refractivity contribution in [3.63, 3.8) is 0 Å². The molecule has 0 fully saturated rings. The summed E-state index contributed by atoms with van der Waals surface area (Å²) in [5.74, 6) is -4.01. The van der Waals surface area contributed by atoms with Crippen LogP contribution in [0.25, 0.3) is 0 Å². The van der Waals surface area contributed by atoms with Crippen molar-refractivity contribution in [1.29, 1.82) is 0 Å². The van der Waals surface area contributed by atoms with E-state index in [1.54, 1.807) is 45.0 Å². The van der Waals surface area contributed by atoms with Gasteiger partial charge in [0.05, 0.1) is 6.04 Å². The summed E-state index contributed by atoms with van der Waals surface area (Å²) in [5.41, 5.74) is 12.3. The highest BCUT2D eigenvalue weighted by atomic mass is 16.4. The molecule has 0 aliphatic carbocycles. The number of carboxylic acid groups (broad SMARTS) is 1. The topological polar surface area (TPSA) is 206 Å². The molecule has 0 heterocycles. The zero-order chi connectivity index (χ0) is 33.4. The highest BCUT2D eigenvalue weighted by molar-refractivity contribution is 5.95. The van der Waals surface area contributed by atoms with Gasteiger partial charge < -0.3 is 37.8 Å². The number of nitrogens with one attached hydrogen (secondary N) is 4. The van der Waals surface area contributed by atoms with Gasteiger partial charge in [0, 0.05) is 6.42 Å². The first-order valence-electron chi connectivity index (χ1n) is 15.6. The largest absolute Gasteiger partial charge is 0.480 e. The summed E-state index contributed by atoms with van der Waals surface area (Å²) in [7, 11) is 0. The number of hydrogen-bond acceptors (Lipinski definition) is 7. The van der Waals surface area contributed by atoms with Gasteiger partial charge in [-0.05, 0) is 49.1 Å². The predicted molar refractivity (Wildman–Crippen MR) is 170 cm³/mol. The Morgan fingerprint density at radius 2 is 1.34 bits per heavy atom. The van der Waals surface area contributed by atoms with Gasteiger partial charge >= 0.3 is 5.97 Å². The van der Waals surface area contributed by atoms with Crippen LogP contribution < -0.4 is 32.7 Å². The SMILES string of the molecule is CCC(C)C(NC(=O)C(NC(=O)C(N)CCCCN)C(C)C)C(=O)NC(CC(C)C)C(=O)NC(Cc1ccccc1)C(=O)O. The summed E-state index contributed by atoms with van der Waals surface area (Å²) in [6.07, 6.45) is 2.73. The molecule has 0 saturated carbocycles. The maximum atomic E-state index is 13.6. The molecule has 12 heteroatoms. The highest BCUT2D eigenvalue weighted by Gasteiger charge is 2.34. The Balaban J connectivity index is 3.08. The van der Waals surface area contributed by atoms with Crippen molar-refractivity contribution in [1.82, 2.24) is 21.3 Å². The molecule has 248 valence electrons. The van der Waals surface area contributed by atoms with Gasteiger partial charge in [-0.15, -0.1) is 0 Å². The summed E-state index contributed by atoms with van der Waals surface area (Å²) in [6.45, 7) is 11.5. The van der Waals surface area contributed by atoms with Crippen LogP contribution in [-0.2, 0) is 30.4 Å². The van der Waals surface area contributed by atoms with Gasteiger partial charge in [-0.1, -0.05) is 84.7 Å². The van der Waals surface area contributed by atoms with Crippen LogP contribution in [0.4, 0.5) is 0 Å². The fourth-order valence-electron chi connectivity index (χ4n) is 4.67. The molecule has 0 aromatic heterocycles. The molecule has 0 radical (unpaired) electrons. The second-order valence-corrected chi connectivity index (χ2v) is 12.3. The standard InChI is InChI=1S/C32H54N6O6/c1-7-21(6)27(38-30(41)26(20(4)5)37-28(39)23(34)15-11-12-16-33)31(42)35-24(17-19(2)3)29(40)36-25(32(43)44)18-22-13-9-8-10-14-22/h8-10,13-14,19-21,23-27H,7,11-12,15-18,33-34H2,1-6H3,(H,35,42)(H,36,40)(H,37,39)(H,38,41)(H,43,44). The Hall–Kier alpha value is -3.51. The quantitative estimate of drug-likeness (QED) is 0.106. The summed E-state index contributed by atoms with van der Waals surface area (Å²) in [6, 6.07) is 3.97. The number of carboxylic acids is 1. The molecule has 1 aromatic rings. The summed E-state index contributed by atoms with van der Waals surface area (Å²) >= 11 is 0. The van der Waals surface area contributed by atoms with E-state index in [1.165, 1.54) is 0 Å². The van der Waals surface area contributed by atoms with E-state index in [-0.39, 0.29) is 30.6 Å². The lowest BCUT2D eigenvalue weighted by atomic mass is 9.95. The number of rotatable bonds is 20. The van der Waals surface area contributed by atoms with Crippen LogP contribution in [0.15, 0.2) is 30.3 Å². The normalized spacial score (nSPS) is 15.4. The van der Waals surface area contributed by atoms with E-state index in [2.05, 4.69) is 21.3 Å². The lowest BCUT2D eigenvalue weighted by Gasteiger charge is -2.30. The Kier molecular flexibility index (Phi) is 17.2. The third-order valence-corrected chi connectivity index (χ3v) is 7.58. The average molecular weight is 619 g/mol. The Labute approximate surface area is 261 Å². The molecule has 4 amide bonds. The van der Waals surface area contributed by atoms with Gasteiger partial charge in [0.15, 0.2) is 0 Å². The number of carbonyl (C=O) groups excluding carboxylic acids is 4. The third-order valence-electron chi connectivity index (χ3n) is 7.58. The minimum absolute atomic E-state index is 0.00492. The van der Waals surface area contributed by atoms with Crippen molar-refractivity contribution >= 4 is 29.6 Å². The molecule has 1 aromatic carbocycles. The lowest BCUT2D eigenvalue weighted by Crippen LogP contribution is -2.60. The highest BCUT2D eigenvalue weighted by Crippen LogP contribution is 2.13. The number of hydrogen-bond donors (Lipinski definition) is 7. The summed E-state index contributed by atoms with van der Waals surface area (Å²) in [5, 5.41) is 20.6. The maximum Gasteiger partial charge on any atom is 0.326 e. The molecule has 0 aliphatic heterocycles. The summed E-state index contributed by atoms with van der Waals surface area (Å²) in [4.78, 5) is 65.1.